The molecule has 0 heterocycles. The van der Waals surface area contributed by atoms with Crippen LogP contribution in [0.4, 0.5) is 0 Å². The van der Waals surface area contributed by atoms with Gasteiger partial charge in [0.05, 0.1) is 19.8 Å². The third-order valence-electron chi connectivity index (χ3n) is 4.93. The molecule has 2 fully saturated rings. The summed E-state index contributed by atoms with van der Waals surface area (Å²) in [5, 5.41) is 3.46. The van der Waals surface area contributed by atoms with Gasteiger partial charge in [0, 0.05) is 6.04 Å². The van der Waals surface area contributed by atoms with E-state index in [4.69, 9.17) is 9.47 Å². The Kier molecular flexibility index (Phi) is 5.67. The van der Waals surface area contributed by atoms with Gasteiger partial charge in [-0.3, -0.25) is 5.32 Å². The van der Waals surface area contributed by atoms with Crippen molar-refractivity contribution in [2.75, 3.05) is 13.7 Å². The molecule has 0 saturated heterocycles. The van der Waals surface area contributed by atoms with Gasteiger partial charge >= 0.3 is 5.97 Å². The molecule has 3 unspecified atom stereocenters. The molecule has 2 saturated carbocycles. The van der Waals surface area contributed by atoms with Crippen molar-refractivity contribution in [3.63, 3.8) is 0 Å². The van der Waals surface area contributed by atoms with E-state index in [2.05, 4.69) is 26.1 Å². The Morgan fingerprint density at radius 1 is 1.24 bits per heavy atom. The minimum Gasteiger partial charge on any atom is -0.468 e. The van der Waals surface area contributed by atoms with Gasteiger partial charge in [-0.2, -0.15) is 0 Å². The van der Waals surface area contributed by atoms with Crippen LogP contribution in [0.3, 0.4) is 0 Å². The van der Waals surface area contributed by atoms with Crippen LogP contribution in [0, 0.1) is 11.8 Å². The molecule has 1 N–H and O–H groups in total. The average Bonchev–Trinajstić information content (AvgIpc) is 3.28. The van der Waals surface area contributed by atoms with Crippen LogP contribution in [-0.4, -0.2) is 37.4 Å². The lowest BCUT2D eigenvalue weighted by Crippen LogP contribution is -2.60. The van der Waals surface area contributed by atoms with Gasteiger partial charge in [-0.15, -0.1) is 0 Å². The van der Waals surface area contributed by atoms with Crippen LogP contribution in [0.15, 0.2) is 0 Å². The summed E-state index contributed by atoms with van der Waals surface area (Å²) in [5.74, 6) is 0.778. The van der Waals surface area contributed by atoms with Crippen molar-refractivity contribution in [3.8, 4) is 0 Å². The largest absolute Gasteiger partial charge is 0.468 e. The maximum absolute atomic E-state index is 12.4. The molecule has 2 rings (SSSR count). The van der Waals surface area contributed by atoms with Crippen LogP contribution in [-0.2, 0) is 14.3 Å². The second-order valence-corrected chi connectivity index (χ2v) is 7.15. The number of hydrogen-bond acceptors (Lipinski definition) is 4. The van der Waals surface area contributed by atoms with E-state index in [1.54, 1.807) is 0 Å². The number of carbonyl (C=O) groups excluding carboxylic acids is 1. The second kappa shape index (κ2) is 7.10. The molecule has 0 aromatic carbocycles. The Labute approximate surface area is 129 Å². The Hall–Kier alpha value is -0.610. The maximum atomic E-state index is 12.4. The van der Waals surface area contributed by atoms with E-state index in [1.807, 2.05) is 0 Å². The first kappa shape index (κ1) is 16.8. The van der Waals surface area contributed by atoms with Crippen molar-refractivity contribution in [2.45, 2.75) is 77.0 Å². The highest BCUT2D eigenvalue weighted by molar-refractivity contribution is 5.82. The number of ether oxygens (including phenoxy) is 2. The third-order valence-corrected chi connectivity index (χ3v) is 4.93. The smallest absolute Gasteiger partial charge is 0.328 e. The van der Waals surface area contributed by atoms with Crippen molar-refractivity contribution in [2.24, 2.45) is 11.8 Å². The Morgan fingerprint density at radius 2 is 1.90 bits per heavy atom. The average molecular weight is 297 g/mol. The molecule has 0 spiro atoms. The quantitative estimate of drug-likeness (QED) is 0.734. The molecule has 4 heteroatoms. The van der Waals surface area contributed by atoms with Crippen LogP contribution in [0.5, 0.6) is 0 Å². The predicted octanol–water partition coefficient (Wildman–Crippen LogP) is 2.90. The van der Waals surface area contributed by atoms with E-state index in [0.717, 1.165) is 19.3 Å². The summed E-state index contributed by atoms with van der Waals surface area (Å²) < 4.78 is 11.3. The summed E-state index contributed by atoms with van der Waals surface area (Å²) in [4.78, 5) is 12.4. The fourth-order valence-corrected chi connectivity index (χ4v) is 3.60. The lowest BCUT2D eigenvalue weighted by Gasteiger charge is -2.37. The minimum absolute atomic E-state index is 0.165. The number of carbonyl (C=O) groups is 1. The van der Waals surface area contributed by atoms with Gasteiger partial charge in [-0.25, -0.2) is 4.79 Å². The minimum atomic E-state index is -0.653. The monoisotopic (exact) mass is 297 g/mol. The summed E-state index contributed by atoms with van der Waals surface area (Å²) in [6.45, 7) is 6.85. The molecule has 0 bridgehead atoms. The summed E-state index contributed by atoms with van der Waals surface area (Å²) in [5.41, 5.74) is -0.653. The normalized spacial score (nSPS) is 29.2. The molecule has 0 aromatic rings. The van der Waals surface area contributed by atoms with E-state index in [-0.39, 0.29) is 18.1 Å². The number of hydrogen-bond donors (Lipinski definition) is 1. The molecule has 0 aromatic heterocycles. The summed E-state index contributed by atoms with van der Waals surface area (Å²) >= 11 is 0. The van der Waals surface area contributed by atoms with Crippen molar-refractivity contribution < 1.29 is 14.3 Å². The summed E-state index contributed by atoms with van der Waals surface area (Å²) in [6, 6.07) is 0.233. The molecule has 2 aliphatic rings. The second-order valence-electron chi connectivity index (χ2n) is 7.15. The number of methoxy groups -OCH3 is 1. The standard InChI is InChI=1S/C17H31NO3/c1-12(2)18-17(14-9-10-14,16(19)20-4)11-21-15-8-6-5-7-13(15)3/h12-15,18H,5-11H2,1-4H3. The molecule has 4 nitrogen and oxygen atoms in total. The van der Waals surface area contributed by atoms with Gasteiger partial charge in [0.2, 0.25) is 0 Å². The Balaban J connectivity index is 2.05. The van der Waals surface area contributed by atoms with Gasteiger partial charge in [-0.05, 0) is 51.4 Å². The van der Waals surface area contributed by atoms with E-state index in [1.165, 1.54) is 26.4 Å². The Bertz CT molecular complexity index is 354. The molecule has 0 aliphatic heterocycles. The molecule has 2 aliphatic carbocycles. The van der Waals surface area contributed by atoms with Gasteiger partial charge in [0.15, 0.2) is 0 Å². The molecule has 0 amide bonds. The van der Waals surface area contributed by atoms with E-state index >= 15 is 0 Å². The lowest BCUT2D eigenvalue weighted by molar-refractivity contribution is -0.156. The topological polar surface area (TPSA) is 47.6 Å². The molecular weight excluding hydrogens is 266 g/mol. The molecular formula is C17H31NO3. The van der Waals surface area contributed by atoms with E-state index in [0.29, 0.717) is 18.4 Å². The van der Waals surface area contributed by atoms with Crippen molar-refractivity contribution in [1.29, 1.82) is 0 Å². The van der Waals surface area contributed by atoms with Gasteiger partial charge < -0.3 is 9.47 Å². The first-order valence-corrected chi connectivity index (χ1v) is 8.47. The zero-order chi connectivity index (χ0) is 15.5. The number of nitrogens with one attached hydrogen (secondary N) is 1. The van der Waals surface area contributed by atoms with Crippen molar-refractivity contribution >= 4 is 5.97 Å². The van der Waals surface area contributed by atoms with Crippen molar-refractivity contribution in [3.05, 3.63) is 0 Å². The van der Waals surface area contributed by atoms with Gasteiger partial charge in [0.25, 0.3) is 0 Å². The number of esters is 1. The molecule has 21 heavy (non-hydrogen) atoms. The highest BCUT2D eigenvalue weighted by Gasteiger charge is 2.52. The van der Waals surface area contributed by atoms with Crippen molar-refractivity contribution in [1.82, 2.24) is 5.32 Å². The Morgan fingerprint density at radius 3 is 2.43 bits per heavy atom. The van der Waals surface area contributed by atoms with Crippen LogP contribution in [0.25, 0.3) is 0 Å². The lowest BCUT2D eigenvalue weighted by atomic mass is 9.87. The van der Waals surface area contributed by atoms with Crippen LogP contribution in [0.2, 0.25) is 0 Å². The maximum Gasteiger partial charge on any atom is 0.328 e. The highest BCUT2D eigenvalue weighted by atomic mass is 16.5. The van der Waals surface area contributed by atoms with Crippen LogP contribution < -0.4 is 5.32 Å². The van der Waals surface area contributed by atoms with Crippen LogP contribution >= 0.6 is 0 Å². The van der Waals surface area contributed by atoms with E-state index in [9.17, 15) is 4.79 Å². The fraction of sp³-hybridized carbons (Fsp3) is 0.941. The highest BCUT2D eigenvalue weighted by Crippen LogP contribution is 2.41. The van der Waals surface area contributed by atoms with Crippen LogP contribution in [0.1, 0.15) is 59.3 Å². The first-order chi connectivity index (χ1) is 9.99. The molecule has 122 valence electrons. The number of rotatable bonds is 7. The summed E-state index contributed by atoms with van der Waals surface area (Å²) in [6.07, 6.45) is 7.34. The fourth-order valence-electron chi connectivity index (χ4n) is 3.60. The first-order valence-electron chi connectivity index (χ1n) is 8.47. The zero-order valence-electron chi connectivity index (χ0n) is 14.0. The predicted molar refractivity (Wildman–Crippen MR) is 83.1 cm³/mol. The zero-order valence-corrected chi connectivity index (χ0v) is 14.0. The molecule has 3 atom stereocenters. The summed E-state index contributed by atoms with van der Waals surface area (Å²) in [7, 11) is 1.48. The SMILES string of the molecule is COC(=O)C(COC1CCCCC1C)(NC(C)C)C1CC1. The third kappa shape index (κ3) is 3.98. The van der Waals surface area contributed by atoms with Gasteiger partial charge in [-0.1, -0.05) is 19.8 Å². The van der Waals surface area contributed by atoms with Gasteiger partial charge in [0.1, 0.15) is 5.54 Å². The molecule has 0 radical (unpaired) electrons. The van der Waals surface area contributed by atoms with E-state index < -0.39 is 5.54 Å².